The van der Waals surface area contributed by atoms with Gasteiger partial charge in [-0.1, -0.05) is 18.2 Å². The second-order valence-corrected chi connectivity index (χ2v) is 6.00. The van der Waals surface area contributed by atoms with Crippen LogP contribution in [0.4, 0.5) is 0 Å². The lowest BCUT2D eigenvalue weighted by Gasteiger charge is -2.03. The van der Waals surface area contributed by atoms with Gasteiger partial charge in [0.25, 0.3) is 5.91 Å². The first kappa shape index (κ1) is 16.6. The molecule has 0 spiro atoms. The highest BCUT2D eigenvalue weighted by Gasteiger charge is 2.12. The van der Waals surface area contributed by atoms with Crippen molar-refractivity contribution in [3.05, 3.63) is 71.0 Å². The zero-order chi connectivity index (χ0) is 18.8. The zero-order valence-corrected chi connectivity index (χ0v) is 14.7. The molecule has 27 heavy (non-hydrogen) atoms. The van der Waals surface area contributed by atoms with Crippen molar-refractivity contribution in [2.24, 2.45) is 5.10 Å². The molecule has 0 unspecified atom stereocenters. The van der Waals surface area contributed by atoms with Gasteiger partial charge in [0, 0.05) is 11.1 Å². The Morgan fingerprint density at radius 1 is 1.11 bits per heavy atom. The van der Waals surface area contributed by atoms with E-state index in [-0.39, 0.29) is 5.91 Å². The van der Waals surface area contributed by atoms with Crippen LogP contribution in [0, 0.1) is 13.8 Å². The number of benzene rings is 2. The van der Waals surface area contributed by atoms with E-state index in [1.807, 2.05) is 48.9 Å². The molecule has 8 heteroatoms. The molecule has 134 valence electrons. The zero-order valence-electron chi connectivity index (χ0n) is 14.7. The molecule has 0 aliphatic heterocycles. The van der Waals surface area contributed by atoms with E-state index in [1.54, 1.807) is 24.4 Å². The minimum Gasteiger partial charge on any atom is -0.267 e. The van der Waals surface area contributed by atoms with Crippen molar-refractivity contribution < 1.29 is 9.42 Å². The smallest absolute Gasteiger partial charge is 0.267 e. The number of nitrogens with zero attached hydrogens (tertiary/aromatic N) is 5. The van der Waals surface area contributed by atoms with E-state index in [1.165, 1.54) is 0 Å². The fourth-order valence-corrected chi connectivity index (χ4v) is 2.81. The van der Waals surface area contributed by atoms with Crippen LogP contribution in [0.2, 0.25) is 0 Å². The van der Waals surface area contributed by atoms with Gasteiger partial charge >= 0.3 is 0 Å². The summed E-state index contributed by atoms with van der Waals surface area (Å²) in [6.45, 7) is 3.86. The van der Waals surface area contributed by atoms with Crippen LogP contribution in [-0.4, -0.2) is 32.2 Å². The third-order valence-corrected chi connectivity index (χ3v) is 4.22. The number of amides is 1. The van der Waals surface area contributed by atoms with Crippen molar-refractivity contribution in [3.63, 3.8) is 0 Å². The summed E-state index contributed by atoms with van der Waals surface area (Å²) in [5, 5.41) is 16.1. The molecule has 2 aromatic carbocycles. The third kappa shape index (κ3) is 3.20. The Morgan fingerprint density at radius 2 is 1.89 bits per heavy atom. The number of hydrogen-bond donors (Lipinski definition) is 1. The predicted molar refractivity (Wildman–Crippen MR) is 99.9 cm³/mol. The van der Waals surface area contributed by atoms with Crippen LogP contribution in [0.3, 0.4) is 0 Å². The normalized spacial score (nSPS) is 11.3. The molecule has 0 atom stereocenters. The number of aromatic nitrogens is 4. The van der Waals surface area contributed by atoms with Crippen molar-refractivity contribution in [2.75, 3.05) is 0 Å². The Kier molecular flexibility index (Phi) is 4.21. The molecular formula is C19H16N6O2. The molecule has 0 aliphatic carbocycles. The monoisotopic (exact) mass is 360 g/mol. The highest BCUT2D eigenvalue weighted by molar-refractivity contribution is 5.97. The number of hydrazone groups is 1. The van der Waals surface area contributed by atoms with E-state index >= 15 is 0 Å². The molecule has 0 saturated heterocycles. The lowest BCUT2D eigenvalue weighted by atomic mass is 10.2. The summed E-state index contributed by atoms with van der Waals surface area (Å²) >= 11 is 0. The van der Waals surface area contributed by atoms with Crippen LogP contribution in [0.25, 0.3) is 16.7 Å². The summed E-state index contributed by atoms with van der Waals surface area (Å²) in [4.78, 5) is 12.3. The highest BCUT2D eigenvalue weighted by atomic mass is 16.6. The van der Waals surface area contributed by atoms with Crippen molar-refractivity contribution >= 4 is 23.2 Å². The van der Waals surface area contributed by atoms with E-state index in [4.69, 9.17) is 0 Å². The third-order valence-electron chi connectivity index (χ3n) is 4.22. The number of para-hydroxylation sites is 1. The lowest BCUT2D eigenvalue weighted by molar-refractivity contribution is 0.0955. The standard InChI is InChI=1S/C19H16N6O2/c1-12-16(13(2)25(22-12)15-6-4-3-5-7-15)11-20-21-19(26)14-8-9-17-18(10-14)24-27-23-17/h3-11H,1-2H3,(H,21,26)/b20-11+. The molecule has 8 nitrogen and oxygen atoms in total. The van der Waals surface area contributed by atoms with Crippen LogP contribution in [0.15, 0.2) is 58.3 Å². The van der Waals surface area contributed by atoms with Crippen molar-refractivity contribution in [3.8, 4) is 5.69 Å². The fourth-order valence-electron chi connectivity index (χ4n) is 2.81. The van der Waals surface area contributed by atoms with Gasteiger partial charge in [-0.15, -0.1) is 0 Å². The number of fused-ring (bicyclic) bond motifs is 1. The van der Waals surface area contributed by atoms with Gasteiger partial charge in [-0.3, -0.25) is 4.79 Å². The van der Waals surface area contributed by atoms with Gasteiger partial charge in [0.1, 0.15) is 11.0 Å². The first-order chi connectivity index (χ1) is 13.1. The van der Waals surface area contributed by atoms with Gasteiger partial charge in [0.05, 0.1) is 23.3 Å². The molecule has 0 fully saturated rings. The Labute approximate surface area is 154 Å². The molecule has 2 heterocycles. The summed E-state index contributed by atoms with van der Waals surface area (Å²) in [6.07, 6.45) is 1.60. The van der Waals surface area contributed by atoms with Crippen LogP contribution in [0.5, 0.6) is 0 Å². The summed E-state index contributed by atoms with van der Waals surface area (Å²) in [5.41, 5.74) is 7.64. The average molecular weight is 360 g/mol. The van der Waals surface area contributed by atoms with Gasteiger partial charge in [-0.05, 0) is 54.5 Å². The molecule has 1 N–H and O–H groups in total. The molecular weight excluding hydrogens is 344 g/mol. The minimum absolute atomic E-state index is 0.345. The van der Waals surface area contributed by atoms with E-state index in [0.717, 1.165) is 22.6 Å². The largest absolute Gasteiger partial charge is 0.271 e. The predicted octanol–water partition coefficient (Wildman–Crippen LogP) is 2.79. The summed E-state index contributed by atoms with van der Waals surface area (Å²) in [6, 6.07) is 14.8. The van der Waals surface area contributed by atoms with Crippen molar-refractivity contribution in [1.82, 2.24) is 25.5 Å². The second-order valence-electron chi connectivity index (χ2n) is 6.00. The minimum atomic E-state index is -0.345. The number of aryl methyl sites for hydroxylation is 1. The second kappa shape index (κ2) is 6.83. The summed E-state index contributed by atoms with van der Waals surface area (Å²) < 4.78 is 6.48. The van der Waals surface area contributed by atoms with Crippen molar-refractivity contribution in [1.29, 1.82) is 0 Å². The Hall–Kier alpha value is -3.81. The van der Waals surface area contributed by atoms with Crippen molar-refractivity contribution in [2.45, 2.75) is 13.8 Å². The van der Waals surface area contributed by atoms with Gasteiger partial charge in [0.15, 0.2) is 0 Å². The Balaban J connectivity index is 1.53. The maximum absolute atomic E-state index is 12.3. The molecule has 4 aromatic rings. The number of hydrogen-bond acceptors (Lipinski definition) is 6. The lowest BCUT2D eigenvalue weighted by Crippen LogP contribution is -2.17. The molecule has 0 saturated carbocycles. The average Bonchev–Trinajstić information content (AvgIpc) is 3.27. The van der Waals surface area contributed by atoms with E-state index in [9.17, 15) is 4.79 Å². The van der Waals surface area contributed by atoms with Crippen LogP contribution in [-0.2, 0) is 0 Å². The molecule has 2 aromatic heterocycles. The van der Waals surface area contributed by atoms with E-state index in [0.29, 0.717) is 16.6 Å². The van der Waals surface area contributed by atoms with Crippen LogP contribution >= 0.6 is 0 Å². The van der Waals surface area contributed by atoms with Gasteiger partial charge in [-0.25, -0.2) is 14.7 Å². The molecule has 1 amide bonds. The number of rotatable bonds is 4. The molecule has 0 radical (unpaired) electrons. The fraction of sp³-hybridized carbons (Fsp3) is 0.105. The Bertz CT molecular complexity index is 1140. The number of carbonyl (C=O) groups is 1. The maximum Gasteiger partial charge on any atom is 0.271 e. The number of nitrogens with one attached hydrogen (secondary N) is 1. The molecule has 4 rings (SSSR count). The number of carbonyl (C=O) groups excluding carboxylic acids is 1. The topological polar surface area (TPSA) is 98.2 Å². The molecule has 0 aliphatic rings. The summed E-state index contributed by atoms with van der Waals surface area (Å²) in [7, 11) is 0. The molecule has 0 bridgehead atoms. The summed E-state index contributed by atoms with van der Waals surface area (Å²) in [5.74, 6) is -0.345. The quantitative estimate of drug-likeness (QED) is 0.446. The maximum atomic E-state index is 12.3. The first-order valence-corrected chi connectivity index (χ1v) is 8.31. The van der Waals surface area contributed by atoms with Gasteiger partial charge in [0.2, 0.25) is 0 Å². The van der Waals surface area contributed by atoms with Gasteiger partial charge < -0.3 is 0 Å². The SMILES string of the molecule is Cc1nn(-c2ccccc2)c(C)c1/C=N/NC(=O)c1ccc2nonc2c1. The highest BCUT2D eigenvalue weighted by Crippen LogP contribution is 2.16. The van der Waals surface area contributed by atoms with Gasteiger partial charge in [-0.2, -0.15) is 10.2 Å². The Morgan fingerprint density at radius 3 is 2.70 bits per heavy atom. The first-order valence-electron chi connectivity index (χ1n) is 8.31. The van der Waals surface area contributed by atoms with Crippen LogP contribution in [0.1, 0.15) is 27.3 Å². The van der Waals surface area contributed by atoms with E-state index < -0.39 is 0 Å². The van der Waals surface area contributed by atoms with Crippen LogP contribution < -0.4 is 5.43 Å². The van der Waals surface area contributed by atoms with E-state index in [2.05, 4.69) is 30.6 Å².